The first-order valence-electron chi connectivity index (χ1n) is 8.42. The van der Waals surface area contributed by atoms with E-state index in [4.69, 9.17) is 16.3 Å². The van der Waals surface area contributed by atoms with E-state index < -0.39 is 0 Å². The van der Waals surface area contributed by atoms with Crippen LogP contribution in [0.2, 0.25) is 5.02 Å². The fourth-order valence-electron chi connectivity index (χ4n) is 2.53. The molecule has 0 unspecified atom stereocenters. The van der Waals surface area contributed by atoms with Crippen molar-refractivity contribution in [1.82, 2.24) is 10.2 Å². The predicted octanol–water partition coefficient (Wildman–Crippen LogP) is 3.17. The van der Waals surface area contributed by atoms with Crippen LogP contribution in [0.15, 0.2) is 48.5 Å². The minimum atomic E-state index is -0.241. The molecular formula is C20H23ClN2O3. The van der Waals surface area contributed by atoms with Gasteiger partial charge in [-0.3, -0.25) is 9.59 Å². The lowest BCUT2D eigenvalue weighted by Gasteiger charge is -2.21. The lowest BCUT2D eigenvalue weighted by Crippen LogP contribution is -2.38. The van der Waals surface area contributed by atoms with Crippen LogP contribution in [0.25, 0.3) is 0 Å². The van der Waals surface area contributed by atoms with E-state index in [1.54, 1.807) is 36.3 Å². The first-order chi connectivity index (χ1) is 12.5. The standard InChI is InChI=1S/C20H23ClN2O3/c1-15(24)23(13-11-16-7-9-17(26-2)10-8-16)14-12-22-20(25)18-5-3-4-6-19(18)21/h3-10H,11-14H2,1-2H3,(H,22,25). The van der Waals surface area contributed by atoms with Crippen molar-refractivity contribution >= 4 is 23.4 Å². The molecule has 138 valence electrons. The van der Waals surface area contributed by atoms with Crippen molar-refractivity contribution in [2.24, 2.45) is 0 Å². The number of benzene rings is 2. The first-order valence-corrected chi connectivity index (χ1v) is 8.80. The number of ether oxygens (including phenoxy) is 1. The molecule has 2 aromatic carbocycles. The summed E-state index contributed by atoms with van der Waals surface area (Å²) in [5, 5.41) is 3.21. The van der Waals surface area contributed by atoms with Crippen LogP contribution in [-0.2, 0) is 11.2 Å². The van der Waals surface area contributed by atoms with Crippen molar-refractivity contribution < 1.29 is 14.3 Å². The molecule has 0 fully saturated rings. The Balaban J connectivity index is 1.83. The van der Waals surface area contributed by atoms with Crippen LogP contribution >= 0.6 is 11.6 Å². The van der Waals surface area contributed by atoms with Crippen molar-refractivity contribution in [2.75, 3.05) is 26.7 Å². The quantitative estimate of drug-likeness (QED) is 0.772. The minimum absolute atomic E-state index is 0.0227. The van der Waals surface area contributed by atoms with Crippen LogP contribution in [0, 0.1) is 0 Å². The molecule has 0 aliphatic carbocycles. The molecule has 1 N–H and O–H groups in total. The number of halogens is 1. The topological polar surface area (TPSA) is 58.6 Å². The number of hydrogen-bond acceptors (Lipinski definition) is 3. The van der Waals surface area contributed by atoms with E-state index in [-0.39, 0.29) is 11.8 Å². The highest BCUT2D eigenvalue weighted by atomic mass is 35.5. The van der Waals surface area contributed by atoms with Gasteiger partial charge in [0.05, 0.1) is 17.7 Å². The highest BCUT2D eigenvalue weighted by molar-refractivity contribution is 6.33. The van der Waals surface area contributed by atoms with Crippen molar-refractivity contribution in [3.63, 3.8) is 0 Å². The second-order valence-electron chi connectivity index (χ2n) is 5.84. The van der Waals surface area contributed by atoms with E-state index in [0.29, 0.717) is 30.2 Å². The summed E-state index contributed by atoms with van der Waals surface area (Å²) >= 11 is 6.02. The number of methoxy groups -OCH3 is 1. The number of nitrogens with zero attached hydrogens (tertiary/aromatic N) is 1. The summed E-state index contributed by atoms with van der Waals surface area (Å²) in [6.45, 7) is 2.93. The molecule has 2 rings (SSSR count). The summed E-state index contributed by atoms with van der Waals surface area (Å²) in [4.78, 5) is 25.7. The maximum atomic E-state index is 12.1. The Morgan fingerprint density at radius 3 is 2.38 bits per heavy atom. The third-order valence-corrected chi connectivity index (χ3v) is 4.39. The van der Waals surface area contributed by atoms with Gasteiger partial charge >= 0.3 is 0 Å². The molecule has 0 radical (unpaired) electrons. The molecule has 0 aliphatic rings. The zero-order valence-corrected chi connectivity index (χ0v) is 15.8. The fraction of sp³-hybridized carbons (Fsp3) is 0.300. The Labute approximate surface area is 158 Å². The van der Waals surface area contributed by atoms with Gasteiger partial charge < -0.3 is 15.0 Å². The fourth-order valence-corrected chi connectivity index (χ4v) is 2.75. The Bertz CT molecular complexity index is 747. The molecule has 0 aromatic heterocycles. The van der Waals surface area contributed by atoms with Gasteiger partial charge in [0.15, 0.2) is 0 Å². The van der Waals surface area contributed by atoms with Crippen LogP contribution in [0.3, 0.4) is 0 Å². The minimum Gasteiger partial charge on any atom is -0.497 e. The molecule has 5 nitrogen and oxygen atoms in total. The van der Waals surface area contributed by atoms with E-state index in [1.807, 2.05) is 24.3 Å². The van der Waals surface area contributed by atoms with Gasteiger partial charge in [0.25, 0.3) is 5.91 Å². The van der Waals surface area contributed by atoms with Crippen LogP contribution in [0.1, 0.15) is 22.8 Å². The number of carbonyl (C=O) groups excluding carboxylic acids is 2. The van der Waals surface area contributed by atoms with Gasteiger partial charge in [-0.1, -0.05) is 35.9 Å². The van der Waals surface area contributed by atoms with Crippen LogP contribution in [0.5, 0.6) is 5.75 Å². The van der Waals surface area contributed by atoms with Crippen LogP contribution in [0.4, 0.5) is 0 Å². The van der Waals surface area contributed by atoms with E-state index >= 15 is 0 Å². The average Bonchev–Trinajstić information content (AvgIpc) is 2.64. The summed E-state index contributed by atoms with van der Waals surface area (Å²) in [7, 11) is 1.63. The molecule has 0 bridgehead atoms. The van der Waals surface area contributed by atoms with Gasteiger partial charge in [0.1, 0.15) is 5.75 Å². The summed E-state index contributed by atoms with van der Waals surface area (Å²) in [6, 6.07) is 14.6. The van der Waals surface area contributed by atoms with Gasteiger partial charge in [0, 0.05) is 26.6 Å². The molecule has 0 saturated heterocycles. The number of rotatable bonds is 8. The highest BCUT2D eigenvalue weighted by Gasteiger charge is 2.12. The average molecular weight is 375 g/mol. The molecule has 2 aromatic rings. The van der Waals surface area contributed by atoms with Crippen molar-refractivity contribution in [2.45, 2.75) is 13.3 Å². The smallest absolute Gasteiger partial charge is 0.252 e. The van der Waals surface area contributed by atoms with Crippen LogP contribution in [-0.4, -0.2) is 43.5 Å². The number of nitrogens with one attached hydrogen (secondary N) is 1. The van der Waals surface area contributed by atoms with E-state index in [1.165, 1.54) is 6.92 Å². The summed E-state index contributed by atoms with van der Waals surface area (Å²) in [5.41, 5.74) is 1.55. The molecular weight excluding hydrogens is 352 g/mol. The molecule has 26 heavy (non-hydrogen) atoms. The highest BCUT2D eigenvalue weighted by Crippen LogP contribution is 2.14. The van der Waals surface area contributed by atoms with Gasteiger partial charge in [-0.15, -0.1) is 0 Å². The molecule has 0 spiro atoms. The number of carbonyl (C=O) groups is 2. The predicted molar refractivity (Wildman–Crippen MR) is 103 cm³/mol. The zero-order valence-electron chi connectivity index (χ0n) is 15.0. The van der Waals surface area contributed by atoms with E-state index in [9.17, 15) is 9.59 Å². The van der Waals surface area contributed by atoms with Gasteiger partial charge in [-0.25, -0.2) is 0 Å². The molecule has 6 heteroatoms. The second kappa shape index (κ2) is 9.82. The zero-order chi connectivity index (χ0) is 18.9. The van der Waals surface area contributed by atoms with Gasteiger partial charge in [-0.05, 0) is 36.2 Å². The Hall–Kier alpha value is -2.53. The second-order valence-corrected chi connectivity index (χ2v) is 6.25. The number of hydrogen-bond donors (Lipinski definition) is 1. The maximum Gasteiger partial charge on any atom is 0.252 e. The summed E-state index contributed by atoms with van der Waals surface area (Å²) in [5.74, 6) is 0.541. The normalized spacial score (nSPS) is 10.3. The lowest BCUT2D eigenvalue weighted by molar-refractivity contribution is -0.128. The third-order valence-electron chi connectivity index (χ3n) is 4.06. The third kappa shape index (κ3) is 5.77. The van der Waals surface area contributed by atoms with Crippen LogP contribution < -0.4 is 10.1 Å². The molecule has 0 aliphatic heterocycles. The maximum absolute atomic E-state index is 12.1. The van der Waals surface area contributed by atoms with E-state index in [2.05, 4.69) is 5.32 Å². The molecule has 2 amide bonds. The Morgan fingerprint density at radius 1 is 1.08 bits per heavy atom. The SMILES string of the molecule is COc1ccc(CCN(CCNC(=O)c2ccccc2Cl)C(C)=O)cc1. The Morgan fingerprint density at radius 2 is 1.77 bits per heavy atom. The Kier molecular flexibility index (Phi) is 7.48. The first kappa shape index (κ1) is 19.8. The summed E-state index contributed by atoms with van der Waals surface area (Å²) < 4.78 is 5.14. The van der Waals surface area contributed by atoms with Gasteiger partial charge in [0.2, 0.25) is 5.91 Å². The van der Waals surface area contributed by atoms with E-state index in [0.717, 1.165) is 17.7 Å². The molecule has 0 heterocycles. The van der Waals surface area contributed by atoms with Crippen molar-refractivity contribution in [3.8, 4) is 5.75 Å². The molecule has 0 atom stereocenters. The molecule has 0 saturated carbocycles. The summed E-state index contributed by atoms with van der Waals surface area (Å²) in [6.07, 6.45) is 0.738. The number of amides is 2. The largest absolute Gasteiger partial charge is 0.497 e. The van der Waals surface area contributed by atoms with Crippen molar-refractivity contribution in [1.29, 1.82) is 0 Å². The van der Waals surface area contributed by atoms with Gasteiger partial charge in [-0.2, -0.15) is 0 Å². The monoisotopic (exact) mass is 374 g/mol. The lowest BCUT2D eigenvalue weighted by atomic mass is 10.1. The van der Waals surface area contributed by atoms with Crippen molar-refractivity contribution in [3.05, 3.63) is 64.7 Å².